The van der Waals surface area contributed by atoms with Crippen LogP contribution in [0.5, 0.6) is 0 Å². The van der Waals surface area contributed by atoms with Gasteiger partial charge in [-0.1, -0.05) is 29.8 Å². The SMILES string of the molecule is CCOC(OC)c1ccc(C)cc1. The lowest BCUT2D eigenvalue weighted by atomic mass is 10.1. The maximum absolute atomic E-state index is 5.39. The number of methoxy groups -OCH3 is 1. The number of ether oxygens (including phenoxy) is 2. The predicted octanol–water partition coefficient (Wildman–Crippen LogP) is 2.68. The fourth-order valence-corrected chi connectivity index (χ4v) is 1.18. The molecule has 1 rings (SSSR count). The van der Waals surface area contributed by atoms with Gasteiger partial charge in [0.2, 0.25) is 0 Å². The van der Waals surface area contributed by atoms with Gasteiger partial charge in [0.05, 0.1) is 0 Å². The maximum Gasteiger partial charge on any atom is 0.183 e. The molecule has 1 unspecified atom stereocenters. The van der Waals surface area contributed by atoms with Gasteiger partial charge in [-0.2, -0.15) is 0 Å². The van der Waals surface area contributed by atoms with Crippen molar-refractivity contribution in [3.8, 4) is 0 Å². The summed E-state index contributed by atoms with van der Waals surface area (Å²) in [7, 11) is 1.65. The van der Waals surface area contributed by atoms with Gasteiger partial charge in [-0.15, -0.1) is 0 Å². The van der Waals surface area contributed by atoms with Gasteiger partial charge in [0.15, 0.2) is 6.29 Å². The first-order chi connectivity index (χ1) is 6.27. The van der Waals surface area contributed by atoms with Crippen molar-refractivity contribution < 1.29 is 9.47 Å². The van der Waals surface area contributed by atoms with Crippen LogP contribution in [0.1, 0.15) is 24.3 Å². The van der Waals surface area contributed by atoms with Crippen molar-refractivity contribution in [2.24, 2.45) is 0 Å². The standard InChI is InChI=1S/C11H16O2/c1-4-13-11(12-3)10-7-5-9(2)6-8-10/h5-8,11H,4H2,1-3H3. The lowest BCUT2D eigenvalue weighted by molar-refractivity contribution is -0.124. The molecule has 0 saturated carbocycles. The summed E-state index contributed by atoms with van der Waals surface area (Å²) >= 11 is 0. The van der Waals surface area contributed by atoms with Crippen LogP contribution < -0.4 is 0 Å². The minimum absolute atomic E-state index is 0.231. The molecule has 0 aliphatic rings. The minimum atomic E-state index is -0.231. The van der Waals surface area contributed by atoms with E-state index in [0.29, 0.717) is 6.61 Å². The van der Waals surface area contributed by atoms with Gasteiger partial charge in [0.25, 0.3) is 0 Å². The maximum atomic E-state index is 5.39. The van der Waals surface area contributed by atoms with Gasteiger partial charge < -0.3 is 9.47 Å². The lowest BCUT2D eigenvalue weighted by Gasteiger charge is -2.15. The Morgan fingerprint density at radius 1 is 1.23 bits per heavy atom. The topological polar surface area (TPSA) is 18.5 Å². The zero-order valence-electron chi connectivity index (χ0n) is 8.41. The largest absolute Gasteiger partial charge is 0.352 e. The molecule has 1 aromatic rings. The van der Waals surface area contributed by atoms with E-state index >= 15 is 0 Å². The first kappa shape index (κ1) is 10.2. The minimum Gasteiger partial charge on any atom is -0.352 e. The summed E-state index contributed by atoms with van der Waals surface area (Å²) < 4.78 is 10.6. The predicted molar refractivity (Wildman–Crippen MR) is 52.6 cm³/mol. The van der Waals surface area contributed by atoms with E-state index in [9.17, 15) is 0 Å². The van der Waals surface area contributed by atoms with Gasteiger partial charge >= 0.3 is 0 Å². The third-order valence-electron chi connectivity index (χ3n) is 1.88. The molecular weight excluding hydrogens is 164 g/mol. The van der Waals surface area contributed by atoms with Crippen molar-refractivity contribution in [3.05, 3.63) is 35.4 Å². The van der Waals surface area contributed by atoms with Crippen molar-refractivity contribution in [1.29, 1.82) is 0 Å². The highest BCUT2D eigenvalue weighted by Gasteiger charge is 2.08. The van der Waals surface area contributed by atoms with E-state index in [0.717, 1.165) is 5.56 Å². The zero-order valence-corrected chi connectivity index (χ0v) is 8.41. The fraction of sp³-hybridized carbons (Fsp3) is 0.455. The molecule has 0 bridgehead atoms. The molecule has 72 valence electrons. The highest BCUT2D eigenvalue weighted by molar-refractivity contribution is 5.22. The van der Waals surface area contributed by atoms with Gasteiger partial charge in [0, 0.05) is 19.3 Å². The summed E-state index contributed by atoms with van der Waals surface area (Å²) in [5.41, 5.74) is 2.31. The van der Waals surface area contributed by atoms with Gasteiger partial charge in [-0.3, -0.25) is 0 Å². The molecule has 0 amide bonds. The summed E-state index contributed by atoms with van der Waals surface area (Å²) in [4.78, 5) is 0. The normalized spacial score (nSPS) is 12.8. The highest BCUT2D eigenvalue weighted by atomic mass is 16.7. The van der Waals surface area contributed by atoms with Crippen LogP contribution in [0.15, 0.2) is 24.3 Å². The van der Waals surface area contributed by atoms with Gasteiger partial charge in [0.1, 0.15) is 0 Å². The molecule has 0 spiro atoms. The highest BCUT2D eigenvalue weighted by Crippen LogP contribution is 2.17. The van der Waals surface area contributed by atoms with Crippen LogP contribution in [0.25, 0.3) is 0 Å². The quantitative estimate of drug-likeness (QED) is 0.663. The van der Waals surface area contributed by atoms with Crippen LogP contribution in [0.4, 0.5) is 0 Å². The molecule has 0 radical (unpaired) electrons. The molecule has 2 nitrogen and oxygen atoms in total. The van der Waals surface area contributed by atoms with Crippen LogP contribution in [0.2, 0.25) is 0 Å². The van der Waals surface area contributed by atoms with Gasteiger partial charge in [-0.05, 0) is 13.8 Å². The number of rotatable bonds is 4. The number of hydrogen-bond acceptors (Lipinski definition) is 2. The molecule has 0 saturated heterocycles. The third-order valence-corrected chi connectivity index (χ3v) is 1.88. The Kier molecular flexibility index (Phi) is 3.93. The molecule has 2 heteroatoms. The first-order valence-corrected chi connectivity index (χ1v) is 4.49. The van der Waals surface area contributed by atoms with Crippen molar-refractivity contribution >= 4 is 0 Å². The van der Waals surface area contributed by atoms with Gasteiger partial charge in [-0.25, -0.2) is 0 Å². The Morgan fingerprint density at radius 2 is 1.85 bits per heavy atom. The van der Waals surface area contributed by atoms with Crippen molar-refractivity contribution in [1.82, 2.24) is 0 Å². The number of hydrogen-bond donors (Lipinski definition) is 0. The second-order valence-corrected chi connectivity index (χ2v) is 2.93. The van der Waals surface area contributed by atoms with E-state index in [2.05, 4.69) is 19.1 Å². The summed E-state index contributed by atoms with van der Waals surface area (Å²) in [5, 5.41) is 0. The Bertz CT molecular complexity index is 241. The smallest absolute Gasteiger partial charge is 0.183 e. The van der Waals surface area contributed by atoms with E-state index in [1.807, 2.05) is 19.1 Å². The molecule has 13 heavy (non-hydrogen) atoms. The summed E-state index contributed by atoms with van der Waals surface area (Å²) in [5.74, 6) is 0. The molecule has 0 aromatic heterocycles. The third kappa shape index (κ3) is 2.83. The summed E-state index contributed by atoms with van der Waals surface area (Å²) in [6, 6.07) is 8.17. The van der Waals surface area contributed by atoms with E-state index in [4.69, 9.17) is 9.47 Å². The Labute approximate surface area is 79.5 Å². The second-order valence-electron chi connectivity index (χ2n) is 2.93. The molecular formula is C11H16O2. The summed E-state index contributed by atoms with van der Waals surface area (Å²) in [6.07, 6.45) is -0.231. The Morgan fingerprint density at radius 3 is 2.31 bits per heavy atom. The van der Waals surface area contributed by atoms with E-state index in [-0.39, 0.29) is 6.29 Å². The molecule has 0 heterocycles. The average Bonchev–Trinajstić information content (AvgIpc) is 2.16. The van der Waals surface area contributed by atoms with Crippen LogP contribution in [-0.2, 0) is 9.47 Å². The number of benzene rings is 1. The van der Waals surface area contributed by atoms with E-state index in [1.54, 1.807) is 7.11 Å². The van der Waals surface area contributed by atoms with Crippen LogP contribution in [0.3, 0.4) is 0 Å². The Balaban J connectivity index is 2.73. The second kappa shape index (κ2) is 5.00. The molecule has 0 aliphatic heterocycles. The first-order valence-electron chi connectivity index (χ1n) is 4.49. The van der Waals surface area contributed by atoms with Crippen molar-refractivity contribution in [2.75, 3.05) is 13.7 Å². The Hall–Kier alpha value is -0.860. The molecule has 0 aliphatic carbocycles. The van der Waals surface area contributed by atoms with E-state index in [1.165, 1.54) is 5.56 Å². The molecule has 1 aromatic carbocycles. The summed E-state index contributed by atoms with van der Waals surface area (Å²) in [6.45, 7) is 4.68. The van der Waals surface area contributed by atoms with Crippen molar-refractivity contribution in [3.63, 3.8) is 0 Å². The number of aryl methyl sites for hydroxylation is 1. The van der Waals surface area contributed by atoms with E-state index < -0.39 is 0 Å². The zero-order chi connectivity index (χ0) is 9.68. The average molecular weight is 180 g/mol. The van der Waals surface area contributed by atoms with Crippen LogP contribution >= 0.6 is 0 Å². The monoisotopic (exact) mass is 180 g/mol. The lowest BCUT2D eigenvalue weighted by Crippen LogP contribution is -2.05. The molecule has 0 fully saturated rings. The molecule has 0 N–H and O–H groups in total. The fourth-order valence-electron chi connectivity index (χ4n) is 1.18. The van der Waals surface area contributed by atoms with Crippen molar-refractivity contribution in [2.45, 2.75) is 20.1 Å². The van der Waals surface area contributed by atoms with Crippen LogP contribution in [0, 0.1) is 6.92 Å². The van der Waals surface area contributed by atoms with Crippen LogP contribution in [-0.4, -0.2) is 13.7 Å². The molecule has 1 atom stereocenters.